The van der Waals surface area contributed by atoms with E-state index in [4.69, 9.17) is 4.74 Å². The van der Waals surface area contributed by atoms with Crippen molar-refractivity contribution < 1.29 is 24.5 Å². The van der Waals surface area contributed by atoms with Gasteiger partial charge in [0, 0.05) is 12.8 Å². The number of aliphatic hydroxyl groups excluding tert-OH is 2. The number of ether oxygens (including phenoxy) is 1. The van der Waals surface area contributed by atoms with Gasteiger partial charge in [-0.05, 0) is 77.0 Å². The van der Waals surface area contributed by atoms with Crippen LogP contribution in [0, 0.1) is 0 Å². The first-order valence-corrected chi connectivity index (χ1v) is 36.1. The smallest absolute Gasteiger partial charge is 0.305 e. The zero-order valence-corrected chi connectivity index (χ0v) is 53.6. The minimum Gasteiger partial charge on any atom is -0.466 e. The maximum absolute atomic E-state index is 12.5. The van der Waals surface area contributed by atoms with E-state index >= 15 is 0 Å². The lowest BCUT2D eigenvalue weighted by Crippen LogP contribution is -2.45. The molecule has 0 radical (unpaired) electrons. The number of carbonyl (C=O) groups excluding carboxylic acids is 2. The third kappa shape index (κ3) is 65.4. The van der Waals surface area contributed by atoms with Gasteiger partial charge in [-0.25, -0.2) is 0 Å². The summed E-state index contributed by atoms with van der Waals surface area (Å²) in [6.45, 7) is 4.98. The maximum Gasteiger partial charge on any atom is 0.305 e. The topological polar surface area (TPSA) is 95.9 Å². The normalized spacial score (nSPS) is 12.6. The molecule has 1 amide bonds. The monoisotopic (exact) mass is 1110 g/mol. The van der Waals surface area contributed by atoms with Crippen LogP contribution in [0.4, 0.5) is 0 Å². The standard InChI is InChI=1S/C73H141NO5/c1-3-5-7-9-11-13-15-17-19-34-39-43-47-51-55-59-63-67-73(78)79-68-64-60-56-52-48-44-40-36-33-31-29-27-25-23-21-22-24-26-28-30-32-35-38-42-46-50-54-58-62-66-72(77)74-70(69-75)71(76)65-61-57-53-49-45-41-37-20-18-16-14-12-10-8-6-4-2/h17,19,21,23,70-71,75-76H,3-16,18,20,22,24-69H2,1-2H3,(H,74,77)/b19-17-,23-21-. The van der Waals surface area contributed by atoms with E-state index in [0.717, 1.165) is 44.9 Å². The highest BCUT2D eigenvalue weighted by atomic mass is 16.5. The molecule has 468 valence electrons. The average molecular weight is 1110 g/mol. The van der Waals surface area contributed by atoms with Gasteiger partial charge in [0.15, 0.2) is 0 Å². The number of nitrogens with one attached hydrogen (secondary N) is 1. The molecule has 79 heavy (non-hydrogen) atoms. The van der Waals surface area contributed by atoms with Crippen molar-refractivity contribution in [2.45, 2.75) is 418 Å². The van der Waals surface area contributed by atoms with Crippen LogP contribution < -0.4 is 5.32 Å². The zero-order valence-electron chi connectivity index (χ0n) is 53.6. The highest BCUT2D eigenvalue weighted by molar-refractivity contribution is 5.76. The van der Waals surface area contributed by atoms with Crippen molar-refractivity contribution in [3.63, 3.8) is 0 Å². The Morgan fingerprint density at radius 2 is 0.595 bits per heavy atom. The van der Waals surface area contributed by atoms with Crippen LogP contribution in [0.3, 0.4) is 0 Å². The molecule has 0 saturated carbocycles. The lowest BCUT2D eigenvalue weighted by Gasteiger charge is -2.22. The number of aliphatic hydroxyl groups is 2. The quantitative estimate of drug-likeness (QED) is 0.0320. The Kier molecular flexibility index (Phi) is 67.4. The van der Waals surface area contributed by atoms with Gasteiger partial charge in [-0.1, -0.05) is 340 Å². The van der Waals surface area contributed by atoms with E-state index < -0.39 is 12.1 Å². The van der Waals surface area contributed by atoms with Gasteiger partial charge >= 0.3 is 5.97 Å². The largest absolute Gasteiger partial charge is 0.466 e. The van der Waals surface area contributed by atoms with Crippen molar-refractivity contribution in [2.75, 3.05) is 13.2 Å². The van der Waals surface area contributed by atoms with E-state index in [1.54, 1.807) is 0 Å². The number of carbonyl (C=O) groups is 2. The van der Waals surface area contributed by atoms with Gasteiger partial charge in [0.05, 0.1) is 25.4 Å². The minimum atomic E-state index is -0.663. The van der Waals surface area contributed by atoms with Gasteiger partial charge in [-0.15, -0.1) is 0 Å². The van der Waals surface area contributed by atoms with Crippen LogP contribution in [-0.2, 0) is 14.3 Å². The number of esters is 1. The van der Waals surface area contributed by atoms with Crippen LogP contribution in [0.5, 0.6) is 0 Å². The zero-order chi connectivity index (χ0) is 57.1. The molecule has 0 aliphatic heterocycles. The molecule has 0 aromatic rings. The summed E-state index contributed by atoms with van der Waals surface area (Å²) in [5.41, 5.74) is 0. The molecular weight excluding hydrogens is 971 g/mol. The molecule has 2 atom stereocenters. The molecule has 3 N–H and O–H groups in total. The summed E-state index contributed by atoms with van der Waals surface area (Å²) in [4.78, 5) is 24.6. The maximum atomic E-state index is 12.5. The van der Waals surface area contributed by atoms with E-state index in [2.05, 4.69) is 43.5 Å². The average Bonchev–Trinajstić information content (AvgIpc) is 3.45. The molecule has 2 unspecified atom stereocenters. The van der Waals surface area contributed by atoms with Crippen LogP contribution in [-0.4, -0.2) is 47.4 Å². The van der Waals surface area contributed by atoms with Crippen LogP contribution in [0.25, 0.3) is 0 Å². The Morgan fingerprint density at radius 1 is 0.342 bits per heavy atom. The number of amides is 1. The summed E-state index contributed by atoms with van der Waals surface area (Å²) >= 11 is 0. The van der Waals surface area contributed by atoms with E-state index in [0.29, 0.717) is 25.9 Å². The third-order valence-electron chi connectivity index (χ3n) is 17.0. The fourth-order valence-electron chi connectivity index (χ4n) is 11.5. The van der Waals surface area contributed by atoms with E-state index in [1.165, 1.54) is 327 Å². The lowest BCUT2D eigenvalue weighted by molar-refractivity contribution is -0.143. The Balaban J connectivity index is 3.36. The summed E-state index contributed by atoms with van der Waals surface area (Å²) < 4.78 is 5.50. The Hall–Kier alpha value is -1.66. The van der Waals surface area contributed by atoms with Crippen LogP contribution in [0.2, 0.25) is 0 Å². The molecule has 0 bridgehead atoms. The Labute approximate surface area is 494 Å². The first-order chi connectivity index (χ1) is 39.0. The predicted molar refractivity (Wildman–Crippen MR) is 347 cm³/mol. The van der Waals surface area contributed by atoms with Crippen LogP contribution in [0.1, 0.15) is 406 Å². The Bertz CT molecular complexity index is 1230. The second kappa shape index (κ2) is 68.8. The number of rotatable bonds is 68. The molecular formula is C73H141NO5. The van der Waals surface area contributed by atoms with Crippen molar-refractivity contribution in [3.05, 3.63) is 24.3 Å². The van der Waals surface area contributed by atoms with E-state index in [1.807, 2.05) is 0 Å². The summed E-state index contributed by atoms with van der Waals surface area (Å²) in [7, 11) is 0. The SMILES string of the molecule is CCCCCCCC/C=C\CCCCCCCCCC(=O)OCCCCCCCCCCCCCC/C=C\CCCCCCCCCCCCCCCC(=O)NC(CO)C(O)CCCCCCCCCCCCCCCCCC. The second-order valence-corrected chi connectivity index (χ2v) is 24.9. The van der Waals surface area contributed by atoms with Crippen molar-refractivity contribution in [1.82, 2.24) is 5.32 Å². The second-order valence-electron chi connectivity index (χ2n) is 24.9. The van der Waals surface area contributed by atoms with Gasteiger partial charge in [0.1, 0.15) is 0 Å². The lowest BCUT2D eigenvalue weighted by atomic mass is 10.0. The summed E-state index contributed by atoms with van der Waals surface area (Å²) in [6, 6.07) is -0.541. The van der Waals surface area contributed by atoms with Crippen LogP contribution >= 0.6 is 0 Å². The highest BCUT2D eigenvalue weighted by Crippen LogP contribution is 2.19. The van der Waals surface area contributed by atoms with Gasteiger partial charge in [0.25, 0.3) is 0 Å². The number of allylic oxidation sites excluding steroid dienone is 4. The first-order valence-electron chi connectivity index (χ1n) is 36.1. The molecule has 0 aliphatic carbocycles. The molecule has 0 aromatic carbocycles. The predicted octanol–water partition coefficient (Wildman–Crippen LogP) is 23.3. The fourth-order valence-corrected chi connectivity index (χ4v) is 11.5. The summed E-state index contributed by atoms with van der Waals surface area (Å²) in [6.07, 6.45) is 86.6. The number of unbranched alkanes of at least 4 members (excludes halogenated alkanes) is 53. The van der Waals surface area contributed by atoms with Gasteiger partial charge in [0.2, 0.25) is 5.91 Å². The van der Waals surface area contributed by atoms with Gasteiger partial charge in [-0.3, -0.25) is 9.59 Å². The molecule has 6 heteroatoms. The van der Waals surface area contributed by atoms with E-state index in [-0.39, 0.29) is 18.5 Å². The molecule has 0 fully saturated rings. The van der Waals surface area contributed by atoms with Crippen molar-refractivity contribution in [3.8, 4) is 0 Å². The molecule has 0 saturated heterocycles. The molecule has 6 nitrogen and oxygen atoms in total. The van der Waals surface area contributed by atoms with Gasteiger partial charge in [-0.2, -0.15) is 0 Å². The number of hydrogen-bond acceptors (Lipinski definition) is 5. The molecule has 0 spiro atoms. The summed E-state index contributed by atoms with van der Waals surface area (Å²) in [5, 5.41) is 23.4. The minimum absolute atomic E-state index is 0.0139. The molecule has 0 aromatic heterocycles. The first kappa shape index (κ1) is 77.3. The van der Waals surface area contributed by atoms with Crippen molar-refractivity contribution >= 4 is 11.9 Å². The Morgan fingerprint density at radius 3 is 0.899 bits per heavy atom. The fraction of sp³-hybridized carbons (Fsp3) is 0.918. The van der Waals surface area contributed by atoms with Crippen LogP contribution in [0.15, 0.2) is 24.3 Å². The van der Waals surface area contributed by atoms with Crippen molar-refractivity contribution in [1.29, 1.82) is 0 Å². The van der Waals surface area contributed by atoms with Crippen molar-refractivity contribution in [2.24, 2.45) is 0 Å². The molecule has 0 heterocycles. The third-order valence-corrected chi connectivity index (χ3v) is 17.0. The molecule has 0 aliphatic rings. The summed E-state index contributed by atoms with van der Waals surface area (Å²) in [5.74, 6) is -0.0169. The van der Waals surface area contributed by atoms with Gasteiger partial charge < -0.3 is 20.3 Å². The van der Waals surface area contributed by atoms with E-state index in [9.17, 15) is 19.8 Å². The molecule has 0 rings (SSSR count). The number of hydrogen-bond donors (Lipinski definition) is 3. The highest BCUT2D eigenvalue weighted by Gasteiger charge is 2.20.